The molecule has 0 aliphatic carbocycles. The Morgan fingerprint density at radius 3 is 1.95 bits per heavy atom. The van der Waals surface area contributed by atoms with Crippen molar-refractivity contribution in [2.75, 3.05) is 6.61 Å². The minimum absolute atomic E-state index is 0.0260. The van der Waals surface area contributed by atoms with Crippen LogP contribution in [-0.2, 0) is 23.9 Å². The van der Waals surface area contributed by atoms with Gasteiger partial charge in [-0.1, -0.05) is 39.7 Å². The lowest BCUT2D eigenvalue weighted by Crippen LogP contribution is -2.38. The van der Waals surface area contributed by atoms with Crippen molar-refractivity contribution in [1.82, 2.24) is 0 Å². The average Bonchev–Trinajstić information content (AvgIpc) is 2.90. The Morgan fingerprint density at radius 1 is 0.900 bits per heavy atom. The normalized spacial score (nSPS) is 14.0. The van der Waals surface area contributed by atoms with Gasteiger partial charge in [-0.15, -0.1) is 0 Å². The number of carbonyl (C=O) groups excluding carboxylic acids is 3. The Bertz CT molecular complexity index is 1020. The highest BCUT2D eigenvalue weighted by Gasteiger charge is 2.34. The van der Waals surface area contributed by atoms with E-state index in [1.165, 1.54) is 12.1 Å². The van der Waals surface area contributed by atoms with Crippen LogP contribution in [0.3, 0.4) is 0 Å². The van der Waals surface area contributed by atoms with Gasteiger partial charge in [-0.3, -0.25) is 14.4 Å². The van der Waals surface area contributed by atoms with Crippen LogP contribution in [0.4, 0.5) is 4.79 Å². The number of hydrogen-bond acceptors (Lipinski definition) is 9. The SMILES string of the molecule is CCCCCOC(=O)OC(C)CC(c1ccc(OC(=O)C(C)(C)CC)c(OC(=O)C(C)(C)CC)c1)[C@H](N)C(=O)O. The van der Waals surface area contributed by atoms with Gasteiger partial charge in [-0.25, -0.2) is 4.79 Å². The van der Waals surface area contributed by atoms with Gasteiger partial charge in [0, 0.05) is 5.92 Å². The summed E-state index contributed by atoms with van der Waals surface area (Å²) in [6.07, 6.45) is 2.11. The minimum Gasteiger partial charge on any atom is -0.480 e. The van der Waals surface area contributed by atoms with E-state index in [0.29, 0.717) is 18.4 Å². The van der Waals surface area contributed by atoms with Crippen LogP contribution in [0.2, 0.25) is 0 Å². The topological polar surface area (TPSA) is 151 Å². The lowest BCUT2D eigenvalue weighted by molar-refractivity contribution is -0.147. The number of rotatable bonds is 16. The zero-order valence-corrected chi connectivity index (χ0v) is 25.2. The number of aliphatic carboxylic acids is 1. The van der Waals surface area contributed by atoms with E-state index >= 15 is 0 Å². The molecular formula is C30H47NO9. The zero-order chi connectivity index (χ0) is 30.7. The average molecular weight is 566 g/mol. The highest BCUT2D eigenvalue weighted by Crippen LogP contribution is 2.37. The minimum atomic E-state index is -1.37. The molecule has 1 aromatic carbocycles. The molecule has 3 N–H and O–H groups in total. The summed E-state index contributed by atoms with van der Waals surface area (Å²) in [7, 11) is 0. The molecule has 0 spiro atoms. The standard InChI is InChI=1S/C30H47NO9/c1-9-12-13-16-37-28(36)38-19(4)17-21(24(31)25(32)33)20-14-15-22(39-26(34)29(5,6)10-2)23(18-20)40-27(35)30(7,8)11-3/h14-15,18-19,21,24H,9-13,16-17,31H2,1-8H3,(H,32,33)/t19?,21?,24-/m0/s1. The Kier molecular flexibility index (Phi) is 13.6. The lowest BCUT2D eigenvalue weighted by Gasteiger charge is -2.26. The van der Waals surface area contributed by atoms with Crippen LogP contribution in [0.5, 0.6) is 11.5 Å². The Hall–Kier alpha value is -3.14. The first-order chi connectivity index (χ1) is 18.6. The summed E-state index contributed by atoms with van der Waals surface area (Å²) in [5, 5.41) is 9.71. The molecule has 0 bridgehead atoms. The van der Waals surface area contributed by atoms with Crippen molar-refractivity contribution in [1.29, 1.82) is 0 Å². The highest BCUT2D eigenvalue weighted by atomic mass is 16.7. The molecule has 0 saturated carbocycles. The number of hydrogen-bond donors (Lipinski definition) is 2. The van der Waals surface area contributed by atoms with E-state index in [1.807, 2.05) is 20.8 Å². The van der Waals surface area contributed by atoms with E-state index in [1.54, 1.807) is 40.7 Å². The lowest BCUT2D eigenvalue weighted by atomic mass is 9.86. The first kappa shape index (κ1) is 34.9. The summed E-state index contributed by atoms with van der Waals surface area (Å²) in [4.78, 5) is 49.8. The molecule has 40 heavy (non-hydrogen) atoms. The van der Waals surface area contributed by atoms with Gasteiger partial charge >= 0.3 is 24.1 Å². The summed E-state index contributed by atoms with van der Waals surface area (Å²) in [6, 6.07) is 3.10. The Balaban J connectivity index is 3.36. The third kappa shape index (κ3) is 10.4. The third-order valence-corrected chi connectivity index (χ3v) is 7.24. The molecule has 0 heterocycles. The summed E-state index contributed by atoms with van der Waals surface area (Å²) >= 11 is 0. The van der Waals surface area contributed by atoms with E-state index in [9.17, 15) is 24.3 Å². The molecule has 0 aliphatic heterocycles. The number of ether oxygens (including phenoxy) is 4. The monoisotopic (exact) mass is 565 g/mol. The third-order valence-electron chi connectivity index (χ3n) is 7.24. The molecule has 3 atom stereocenters. The van der Waals surface area contributed by atoms with E-state index in [0.717, 1.165) is 19.3 Å². The molecule has 2 unspecified atom stereocenters. The molecule has 0 aliphatic rings. The van der Waals surface area contributed by atoms with Crippen molar-refractivity contribution in [3.63, 3.8) is 0 Å². The van der Waals surface area contributed by atoms with Crippen molar-refractivity contribution in [2.45, 2.75) is 112 Å². The van der Waals surface area contributed by atoms with Gasteiger partial charge in [0.05, 0.1) is 17.4 Å². The number of esters is 2. The molecule has 1 aromatic rings. The van der Waals surface area contributed by atoms with Crippen LogP contribution < -0.4 is 15.2 Å². The van der Waals surface area contributed by atoms with Crippen LogP contribution in [0.1, 0.15) is 105 Å². The quantitative estimate of drug-likeness (QED) is 0.139. The summed E-state index contributed by atoms with van der Waals surface area (Å²) in [6.45, 7) is 14.5. The maximum Gasteiger partial charge on any atom is 0.508 e. The van der Waals surface area contributed by atoms with Crippen LogP contribution >= 0.6 is 0 Å². The zero-order valence-electron chi connectivity index (χ0n) is 25.2. The maximum atomic E-state index is 13.0. The van der Waals surface area contributed by atoms with Gasteiger partial charge in [0.2, 0.25) is 0 Å². The van der Waals surface area contributed by atoms with E-state index in [-0.39, 0.29) is 24.5 Å². The van der Waals surface area contributed by atoms with Crippen LogP contribution in [0.15, 0.2) is 18.2 Å². The van der Waals surface area contributed by atoms with E-state index < -0.39 is 53.0 Å². The van der Waals surface area contributed by atoms with Crippen LogP contribution in [0.25, 0.3) is 0 Å². The highest BCUT2D eigenvalue weighted by molar-refractivity contribution is 5.81. The molecule has 0 radical (unpaired) electrons. The van der Waals surface area contributed by atoms with Gasteiger partial charge in [0.25, 0.3) is 0 Å². The molecular weight excluding hydrogens is 518 g/mol. The fourth-order valence-electron chi connectivity index (χ4n) is 3.46. The van der Waals surface area contributed by atoms with Gasteiger partial charge < -0.3 is 29.8 Å². The Morgan fingerprint density at radius 2 is 1.45 bits per heavy atom. The second kappa shape index (κ2) is 15.6. The van der Waals surface area contributed by atoms with E-state index in [2.05, 4.69) is 0 Å². The van der Waals surface area contributed by atoms with Crippen molar-refractivity contribution in [2.24, 2.45) is 16.6 Å². The van der Waals surface area contributed by atoms with E-state index in [4.69, 9.17) is 24.7 Å². The number of nitrogens with two attached hydrogens (primary N) is 1. The molecule has 0 fully saturated rings. The number of carboxylic acid groups (broad SMARTS) is 1. The number of unbranched alkanes of at least 4 members (excludes halogenated alkanes) is 2. The predicted molar refractivity (Wildman–Crippen MR) is 150 cm³/mol. The molecule has 0 aromatic heterocycles. The maximum absolute atomic E-state index is 13.0. The van der Waals surface area contributed by atoms with Gasteiger partial charge in [0.1, 0.15) is 12.1 Å². The number of carboxylic acids is 1. The second-order valence-corrected chi connectivity index (χ2v) is 11.4. The van der Waals surface area contributed by atoms with Gasteiger partial charge in [0.15, 0.2) is 11.5 Å². The van der Waals surface area contributed by atoms with Crippen LogP contribution in [0, 0.1) is 10.8 Å². The summed E-state index contributed by atoms with van der Waals surface area (Å²) < 4.78 is 21.8. The first-order valence-corrected chi connectivity index (χ1v) is 14.0. The molecule has 10 heteroatoms. The fourth-order valence-corrected chi connectivity index (χ4v) is 3.46. The number of carbonyl (C=O) groups is 4. The van der Waals surface area contributed by atoms with Crippen LogP contribution in [-0.4, -0.2) is 47.9 Å². The van der Waals surface area contributed by atoms with Crippen molar-refractivity contribution < 1.29 is 43.2 Å². The molecule has 0 saturated heterocycles. The van der Waals surface area contributed by atoms with Gasteiger partial charge in [-0.05, 0) is 78.0 Å². The predicted octanol–water partition coefficient (Wildman–Crippen LogP) is 5.99. The molecule has 1 rings (SSSR count). The fraction of sp³-hybridized carbons (Fsp3) is 0.667. The van der Waals surface area contributed by atoms with Crippen molar-refractivity contribution >= 4 is 24.1 Å². The summed E-state index contributed by atoms with van der Waals surface area (Å²) in [5.41, 5.74) is 4.86. The largest absolute Gasteiger partial charge is 0.508 e. The number of benzene rings is 1. The molecule has 0 amide bonds. The summed E-state index contributed by atoms with van der Waals surface area (Å²) in [5.74, 6) is -3.15. The smallest absolute Gasteiger partial charge is 0.480 e. The van der Waals surface area contributed by atoms with Gasteiger partial charge in [-0.2, -0.15) is 0 Å². The van der Waals surface area contributed by atoms with Crippen molar-refractivity contribution in [3.8, 4) is 11.5 Å². The first-order valence-electron chi connectivity index (χ1n) is 14.0. The molecule has 226 valence electrons. The Labute approximate surface area is 237 Å². The molecule has 10 nitrogen and oxygen atoms in total. The van der Waals surface area contributed by atoms with Crippen molar-refractivity contribution in [3.05, 3.63) is 23.8 Å². The second-order valence-electron chi connectivity index (χ2n) is 11.4.